The van der Waals surface area contributed by atoms with Crippen LogP contribution in [-0.4, -0.2) is 0 Å². The summed E-state index contributed by atoms with van der Waals surface area (Å²) in [6, 6.07) is 4.64. The quantitative estimate of drug-likeness (QED) is 0.165. The van der Waals surface area contributed by atoms with Crippen LogP contribution in [0.15, 0.2) is 24.5 Å². The van der Waals surface area contributed by atoms with E-state index >= 15 is 0 Å². The minimum Gasteiger partial charge on any atom is -1.00 e. The van der Waals surface area contributed by atoms with Gasteiger partial charge in [0.2, 0.25) is 0 Å². The molecule has 0 spiro atoms. The zero-order valence-corrected chi connectivity index (χ0v) is 21.2. The summed E-state index contributed by atoms with van der Waals surface area (Å²) in [7, 11) is 0. The van der Waals surface area contributed by atoms with Crippen molar-refractivity contribution in [3.63, 3.8) is 0 Å². The van der Waals surface area contributed by atoms with Crippen molar-refractivity contribution < 1.29 is 17.0 Å². The van der Waals surface area contributed by atoms with Crippen LogP contribution < -0.4 is 17.0 Å². The zero-order valence-electron chi connectivity index (χ0n) is 20.5. The predicted molar refractivity (Wildman–Crippen MR) is 129 cm³/mol. The van der Waals surface area contributed by atoms with E-state index in [-0.39, 0.29) is 12.4 Å². The predicted octanol–water partition coefficient (Wildman–Crippen LogP) is 5.97. The van der Waals surface area contributed by atoms with Gasteiger partial charge in [0.25, 0.3) is 0 Å². The van der Waals surface area contributed by atoms with E-state index in [1.165, 1.54) is 141 Å². The van der Waals surface area contributed by atoms with Crippen LogP contribution in [0.25, 0.3) is 0 Å². The highest BCUT2D eigenvalue weighted by atomic mass is 35.5. The van der Waals surface area contributed by atoms with Gasteiger partial charge in [-0.2, -0.15) is 0 Å². The van der Waals surface area contributed by atoms with Crippen LogP contribution in [0.5, 0.6) is 0 Å². The van der Waals surface area contributed by atoms with Gasteiger partial charge in [0, 0.05) is 18.6 Å². The molecule has 30 heavy (non-hydrogen) atoms. The maximum Gasteiger partial charge on any atom is 0.169 e. The lowest BCUT2D eigenvalue weighted by molar-refractivity contribution is -0.697. The Morgan fingerprint density at radius 1 is 0.500 bits per heavy atom. The van der Waals surface area contributed by atoms with Crippen molar-refractivity contribution in [3.05, 3.63) is 30.1 Å². The monoisotopic (exact) mass is 437 g/mol. The van der Waals surface area contributed by atoms with E-state index in [0.29, 0.717) is 0 Å². The molecule has 0 atom stereocenters. The van der Waals surface area contributed by atoms with E-state index in [4.69, 9.17) is 0 Å². The van der Waals surface area contributed by atoms with Gasteiger partial charge in [0.15, 0.2) is 12.4 Å². The van der Waals surface area contributed by atoms with E-state index < -0.39 is 0 Å². The third-order valence-electron chi connectivity index (χ3n) is 6.30. The van der Waals surface area contributed by atoms with Gasteiger partial charge < -0.3 is 12.4 Å². The lowest BCUT2D eigenvalue weighted by atomic mass is 10.0. The number of aromatic nitrogens is 1. The van der Waals surface area contributed by atoms with Crippen LogP contribution in [0.1, 0.15) is 141 Å². The van der Waals surface area contributed by atoms with Gasteiger partial charge in [-0.1, -0.05) is 117 Å². The molecule has 1 heterocycles. The van der Waals surface area contributed by atoms with E-state index in [1.54, 1.807) is 0 Å². The molecular weight excluding hydrogens is 386 g/mol. The average molecular weight is 438 g/mol. The summed E-state index contributed by atoms with van der Waals surface area (Å²) in [5.74, 6) is 0. The Balaban J connectivity index is 0.00000841. The van der Waals surface area contributed by atoms with Gasteiger partial charge in [-0.15, -0.1) is 0 Å². The zero-order chi connectivity index (χ0) is 20.8. The number of aryl methyl sites for hydroxylation is 2. The van der Waals surface area contributed by atoms with Crippen molar-refractivity contribution in [2.24, 2.45) is 0 Å². The summed E-state index contributed by atoms with van der Waals surface area (Å²) in [6.07, 6.45) is 32.9. The number of hydrogen-bond acceptors (Lipinski definition) is 0. The molecule has 0 saturated heterocycles. The van der Waals surface area contributed by atoms with Crippen molar-refractivity contribution in [1.82, 2.24) is 0 Å². The van der Waals surface area contributed by atoms with Gasteiger partial charge in [-0.05, 0) is 24.8 Å². The number of rotatable bonds is 21. The first-order valence-corrected chi connectivity index (χ1v) is 13.3. The molecule has 2 heteroatoms. The molecule has 0 aliphatic heterocycles. The minimum atomic E-state index is 0. The standard InChI is InChI=1S/C28H52N.ClH/c1-3-5-7-8-9-10-11-12-13-14-15-16-17-18-19-21-25-29-26-23-28(24-27-29)22-20-6-4-2;/h23-24,26-27H,3-22,25H2,1-2H3;1H/q+1;/p-1. The summed E-state index contributed by atoms with van der Waals surface area (Å²) >= 11 is 0. The fraction of sp³-hybridized carbons (Fsp3) is 0.821. The molecule has 0 aliphatic carbocycles. The van der Waals surface area contributed by atoms with Crippen LogP contribution in [0, 0.1) is 0 Å². The molecule has 0 amide bonds. The third kappa shape index (κ3) is 18.2. The largest absolute Gasteiger partial charge is 1.00 e. The highest BCUT2D eigenvalue weighted by Crippen LogP contribution is 2.13. The first kappa shape index (κ1) is 29.4. The highest BCUT2D eigenvalue weighted by molar-refractivity contribution is 5.07. The highest BCUT2D eigenvalue weighted by Gasteiger charge is 2.01. The van der Waals surface area contributed by atoms with Crippen molar-refractivity contribution in [3.8, 4) is 0 Å². The molecule has 0 aromatic carbocycles. The Bertz CT molecular complexity index is 442. The molecule has 0 bridgehead atoms. The minimum absolute atomic E-state index is 0. The molecule has 0 N–H and O–H groups in total. The van der Waals surface area contributed by atoms with E-state index in [9.17, 15) is 0 Å². The molecule has 0 radical (unpaired) electrons. The molecule has 0 fully saturated rings. The normalized spacial score (nSPS) is 10.9. The average Bonchev–Trinajstić information content (AvgIpc) is 2.74. The molecule has 0 unspecified atom stereocenters. The summed E-state index contributed by atoms with van der Waals surface area (Å²) < 4.78 is 2.37. The Morgan fingerprint density at radius 3 is 1.30 bits per heavy atom. The van der Waals surface area contributed by atoms with Crippen LogP contribution in [-0.2, 0) is 13.0 Å². The SMILES string of the molecule is CCCCCCCCCCCCCCCCCC[n+]1ccc(CCCCC)cc1.[Cl-]. The second-order valence-electron chi connectivity index (χ2n) is 9.20. The smallest absolute Gasteiger partial charge is 0.169 e. The summed E-state index contributed by atoms with van der Waals surface area (Å²) in [4.78, 5) is 0. The van der Waals surface area contributed by atoms with Gasteiger partial charge in [0.1, 0.15) is 6.54 Å². The molecule has 0 saturated carbocycles. The molecule has 0 aliphatic rings. The molecule has 1 aromatic rings. The Labute approximate surface area is 195 Å². The van der Waals surface area contributed by atoms with E-state index in [0.717, 1.165) is 0 Å². The number of pyridine rings is 1. The first-order chi connectivity index (χ1) is 14.4. The first-order valence-electron chi connectivity index (χ1n) is 13.3. The number of hydrogen-bond donors (Lipinski definition) is 0. The van der Waals surface area contributed by atoms with E-state index in [1.807, 2.05) is 0 Å². The lowest BCUT2D eigenvalue weighted by Crippen LogP contribution is -3.00. The topological polar surface area (TPSA) is 3.88 Å². The third-order valence-corrected chi connectivity index (χ3v) is 6.30. The Morgan fingerprint density at radius 2 is 0.867 bits per heavy atom. The van der Waals surface area contributed by atoms with Crippen LogP contribution in [0.4, 0.5) is 0 Å². The van der Waals surface area contributed by atoms with Gasteiger partial charge in [-0.25, -0.2) is 4.57 Å². The molecule has 1 nitrogen and oxygen atoms in total. The second-order valence-corrected chi connectivity index (χ2v) is 9.20. The van der Waals surface area contributed by atoms with Crippen molar-refractivity contribution >= 4 is 0 Å². The molecule has 1 aromatic heterocycles. The van der Waals surface area contributed by atoms with E-state index in [2.05, 4.69) is 42.9 Å². The molecule has 1 rings (SSSR count). The fourth-order valence-electron chi connectivity index (χ4n) is 4.23. The Hall–Kier alpha value is -0.560. The van der Waals surface area contributed by atoms with Crippen LogP contribution in [0.2, 0.25) is 0 Å². The summed E-state index contributed by atoms with van der Waals surface area (Å²) in [5, 5.41) is 0. The summed E-state index contributed by atoms with van der Waals surface area (Å²) in [5.41, 5.74) is 1.50. The Kier molecular flexibility index (Phi) is 22.7. The van der Waals surface area contributed by atoms with Crippen LogP contribution in [0.3, 0.4) is 0 Å². The number of unbranched alkanes of at least 4 members (excludes halogenated alkanes) is 17. The lowest BCUT2D eigenvalue weighted by Gasteiger charge is -2.03. The van der Waals surface area contributed by atoms with Gasteiger partial charge in [-0.3, -0.25) is 0 Å². The molecule has 176 valence electrons. The number of nitrogens with zero attached hydrogens (tertiary/aromatic N) is 1. The second kappa shape index (κ2) is 23.1. The van der Waals surface area contributed by atoms with Gasteiger partial charge in [0.05, 0.1) is 0 Å². The summed E-state index contributed by atoms with van der Waals surface area (Å²) in [6.45, 7) is 5.76. The van der Waals surface area contributed by atoms with Crippen LogP contribution >= 0.6 is 0 Å². The van der Waals surface area contributed by atoms with Crippen molar-refractivity contribution in [1.29, 1.82) is 0 Å². The fourth-order valence-corrected chi connectivity index (χ4v) is 4.23. The number of halogens is 1. The maximum atomic E-state index is 2.37. The molecular formula is C28H52ClN. The van der Waals surface area contributed by atoms with Crippen molar-refractivity contribution in [2.75, 3.05) is 0 Å². The van der Waals surface area contributed by atoms with Gasteiger partial charge >= 0.3 is 0 Å². The van der Waals surface area contributed by atoms with Crippen molar-refractivity contribution in [2.45, 2.75) is 149 Å². The maximum absolute atomic E-state index is 2.37.